The summed E-state index contributed by atoms with van der Waals surface area (Å²) in [6.45, 7) is 22.3. The molecule has 0 unspecified atom stereocenters. The Morgan fingerprint density at radius 1 is 0.593 bits per heavy atom. The van der Waals surface area contributed by atoms with E-state index in [1.807, 2.05) is 147 Å². The van der Waals surface area contributed by atoms with E-state index in [1.165, 1.54) is 7.11 Å². The molecule has 19 nitrogen and oxygen atoms in total. The highest BCUT2D eigenvalue weighted by molar-refractivity contribution is 9.08. The average Bonchev–Trinajstić information content (AvgIpc) is 4.06. The van der Waals surface area contributed by atoms with Gasteiger partial charge in [-0.25, -0.2) is 14.4 Å². The van der Waals surface area contributed by atoms with Crippen molar-refractivity contribution in [2.24, 2.45) is 0 Å². The molecule has 12 N–H and O–H groups in total. The summed E-state index contributed by atoms with van der Waals surface area (Å²) in [5.74, 6) is 1.70. The third-order valence-corrected chi connectivity index (χ3v) is 12.4. The SMILES string of the molecule is COC(=O)c1cccc(C)c1N.Cc1ccc(-c2nc(N)nc3c(Cc4cccc(C)c4N)cnn23)o1.Cc1cccc(CBr)c1NC(=O)OC(C)(C)C.Cc1cccc(CO)c1N.Cc1cccc(CO)c1NC(=O)OC(C)(C)C. The lowest BCUT2D eigenvalue weighted by Gasteiger charge is -2.21. The third kappa shape index (κ3) is 19.4. The fraction of sp³-hybridized carbons (Fsp3) is 0.311. The highest BCUT2D eigenvalue weighted by Gasteiger charge is 2.20. The third-order valence-electron chi connectivity index (χ3n) is 11.8. The first kappa shape index (κ1) is 65.1. The molecule has 0 radical (unpaired) electrons. The summed E-state index contributed by atoms with van der Waals surface area (Å²) < 4.78 is 22.3. The van der Waals surface area contributed by atoms with Crippen LogP contribution in [0, 0.1) is 41.5 Å². The van der Waals surface area contributed by atoms with Gasteiger partial charge in [-0.3, -0.25) is 10.6 Å². The lowest BCUT2D eigenvalue weighted by molar-refractivity contribution is 0.0597. The number of methoxy groups -OCH3 is 1. The first-order valence-corrected chi connectivity index (χ1v) is 26.9. The van der Waals surface area contributed by atoms with Crippen molar-refractivity contribution in [3.05, 3.63) is 176 Å². The van der Waals surface area contributed by atoms with E-state index in [1.54, 1.807) is 49.7 Å². The lowest BCUT2D eigenvalue weighted by Crippen LogP contribution is -2.27. The van der Waals surface area contributed by atoms with Crippen molar-refractivity contribution < 1.29 is 43.2 Å². The summed E-state index contributed by atoms with van der Waals surface area (Å²) in [5, 5.41) is 28.5. The van der Waals surface area contributed by atoms with Crippen LogP contribution >= 0.6 is 15.9 Å². The Kier molecular flexibility index (Phi) is 23.8. The highest BCUT2D eigenvalue weighted by atomic mass is 79.9. The maximum atomic E-state index is 11.7. The number of para-hydroxylation sites is 5. The number of nitrogens with zero attached hydrogens (tertiary/aromatic N) is 4. The van der Waals surface area contributed by atoms with E-state index in [2.05, 4.69) is 46.4 Å². The molecule has 0 bridgehead atoms. The smallest absolute Gasteiger partial charge is 0.412 e. The van der Waals surface area contributed by atoms with Crippen LogP contribution in [0.5, 0.6) is 0 Å². The fourth-order valence-corrected chi connectivity index (χ4v) is 8.06. The number of fused-ring (bicyclic) bond motifs is 1. The number of aliphatic hydroxyl groups is 2. The summed E-state index contributed by atoms with van der Waals surface area (Å²) in [4.78, 5) is 43.1. The molecule has 2 amide bonds. The van der Waals surface area contributed by atoms with Gasteiger partial charge in [-0.05, 0) is 140 Å². The number of aromatic nitrogens is 4. The molecule has 5 aromatic carbocycles. The van der Waals surface area contributed by atoms with Gasteiger partial charge in [-0.2, -0.15) is 19.6 Å². The van der Waals surface area contributed by atoms with E-state index >= 15 is 0 Å². The van der Waals surface area contributed by atoms with Crippen LogP contribution in [-0.2, 0) is 39.2 Å². The molecule has 432 valence electrons. The number of nitrogens with two attached hydrogens (primary N) is 4. The Labute approximate surface area is 482 Å². The second-order valence-electron chi connectivity index (χ2n) is 20.6. The van der Waals surface area contributed by atoms with E-state index < -0.39 is 29.4 Å². The van der Waals surface area contributed by atoms with Crippen LogP contribution in [0.1, 0.15) is 113 Å². The van der Waals surface area contributed by atoms with Gasteiger partial charge in [-0.1, -0.05) is 101 Å². The summed E-state index contributed by atoms with van der Waals surface area (Å²) >= 11 is 3.40. The second-order valence-corrected chi connectivity index (χ2v) is 21.2. The highest BCUT2D eigenvalue weighted by Crippen LogP contribution is 2.28. The number of alkyl halides is 1. The lowest BCUT2D eigenvalue weighted by atomic mass is 10.0. The van der Waals surface area contributed by atoms with Crippen molar-refractivity contribution in [2.45, 2.75) is 119 Å². The summed E-state index contributed by atoms with van der Waals surface area (Å²) in [6.07, 6.45) is 1.45. The van der Waals surface area contributed by atoms with Crippen molar-refractivity contribution in [3.8, 4) is 11.6 Å². The number of carbonyl (C=O) groups is 3. The number of hydrogen-bond donors (Lipinski definition) is 8. The van der Waals surface area contributed by atoms with Crippen LogP contribution in [0.25, 0.3) is 17.2 Å². The quantitative estimate of drug-likeness (QED) is 0.0288. The van der Waals surface area contributed by atoms with Crippen LogP contribution in [0.15, 0.2) is 114 Å². The number of aryl methyl sites for hydroxylation is 6. The average molecular weight is 1170 g/mol. The number of aliphatic hydroxyl groups excluding tert-OH is 2. The number of amides is 2. The molecule has 0 aliphatic carbocycles. The van der Waals surface area contributed by atoms with Gasteiger partial charge in [0.2, 0.25) is 11.8 Å². The number of anilines is 6. The largest absolute Gasteiger partial charge is 0.465 e. The molecule has 20 heteroatoms. The topological polar surface area (TPSA) is 304 Å². The molecule has 0 fully saturated rings. The number of benzene rings is 5. The van der Waals surface area contributed by atoms with Crippen LogP contribution < -0.4 is 33.6 Å². The fourth-order valence-electron chi connectivity index (χ4n) is 7.60. The number of hydrogen-bond acceptors (Lipinski definition) is 16. The first-order valence-electron chi connectivity index (χ1n) is 25.7. The van der Waals surface area contributed by atoms with Crippen molar-refractivity contribution in [2.75, 3.05) is 40.7 Å². The molecular formula is C61H77BrN10O9. The van der Waals surface area contributed by atoms with E-state index in [-0.39, 0.29) is 19.2 Å². The molecule has 0 saturated carbocycles. The van der Waals surface area contributed by atoms with Gasteiger partial charge >= 0.3 is 18.2 Å². The summed E-state index contributed by atoms with van der Waals surface area (Å²) in [5.41, 5.74) is 36.2. The van der Waals surface area contributed by atoms with Crippen molar-refractivity contribution in [3.63, 3.8) is 0 Å². The standard InChI is InChI=1S/C18H18N6O.C13H18BrNO2.C13H19NO3.C9H11NO2.C8H11NO/c1-10-4-3-5-12(15(10)19)8-13-9-21-24-16(13)22-18(20)23-17(24)14-7-6-11(2)25-14;1-9-6-5-7-10(8-14)11(9)15-12(16)17-13(2,3)4;1-9-6-5-7-10(8-15)11(9)14-12(16)17-13(2,3)4;1-6-4-3-5-7(8(6)10)9(11)12-2;1-6-3-2-4-7(5-10)8(6)9/h3-7,9H,8,19H2,1-2H3,(H2,20,22);5-7H,8H2,1-4H3,(H,15,16);5-7,15H,8H2,1-4H3,(H,14,16);3-5H,10H2,1-2H3;2-4,10H,5,9H2,1H3. The number of nitrogen functional groups attached to an aromatic ring is 4. The molecule has 3 aromatic heterocycles. The molecule has 81 heavy (non-hydrogen) atoms. The van der Waals surface area contributed by atoms with Crippen LogP contribution in [0.4, 0.5) is 44.0 Å². The number of nitrogens with one attached hydrogen (secondary N) is 2. The Morgan fingerprint density at radius 3 is 1.52 bits per heavy atom. The molecule has 0 spiro atoms. The number of esters is 1. The zero-order valence-corrected chi connectivity index (χ0v) is 50.0. The van der Waals surface area contributed by atoms with E-state index in [0.717, 1.165) is 67.2 Å². The minimum Gasteiger partial charge on any atom is -0.465 e. The van der Waals surface area contributed by atoms with Crippen LogP contribution in [0.3, 0.4) is 0 Å². The molecule has 0 aliphatic heterocycles. The van der Waals surface area contributed by atoms with E-state index in [0.29, 0.717) is 57.2 Å². The predicted octanol–water partition coefficient (Wildman–Crippen LogP) is 12.3. The normalized spacial score (nSPS) is 10.8. The number of carbonyl (C=O) groups excluding carboxylic acids is 3. The van der Waals surface area contributed by atoms with E-state index in [9.17, 15) is 19.5 Å². The molecule has 8 aromatic rings. The number of halogens is 1. The molecule has 0 saturated heterocycles. The zero-order valence-electron chi connectivity index (χ0n) is 48.4. The zero-order chi connectivity index (χ0) is 60.4. The van der Waals surface area contributed by atoms with Gasteiger partial charge in [-0.15, -0.1) is 0 Å². The number of furan rings is 1. The van der Waals surface area contributed by atoms with Gasteiger partial charge in [0, 0.05) is 45.5 Å². The second kappa shape index (κ2) is 29.7. The molecule has 0 aliphatic rings. The molecule has 8 rings (SSSR count). The van der Waals surface area contributed by atoms with Crippen LogP contribution in [-0.4, -0.2) is 66.3 Å². The van der Waals surface area contributed by atoms with Crippen LogP contribution in [0.2, 0.25) is 0 Å². The maximum Gasteiger partial charge on any atom is 0.412 e. The minimum absolute atomic E-state index is 0.0213. The van der Waals surface area contributed by atoms with Crippen molar-refractivity contribution in [1.82, 2.24) is 19.6 Å². The summed E-state index contributed by atoms with van der Waals surface area (Å²) in [6, 6.07) is 32.0. The number of rotatable bonds is 9. The van der Waals surface area contributed by atoms with Crippen molar-refractivity contribution >= 4 is 74.1 Å². The first-order chi connectivity index (χ1) is 38.1. The van der Waals surface area contributed by atoms with Gasteiger partial charge in [0.15, 0.2) is 11.4 Å². The van der Waals surface area contributed by atoms with Gasteiger partial charge in [0.05, 0.1) is 43.5 Å². The molecule has 3 heterocycles. The Bertz CT molecular complexity index is 3340. The molecule has 0 atom stereocenters. The van der Waals surface area contributed by atoms with Gasteiger partial charge in [0.1, 0.15) is 17.0 Å². The van der Waals surface area contributed by atoms with Gasteiger partial charge < -0.3 is 51.8 Å². The number of ether oxygens (including phenoxy) is 3. The maximum absolute atomic E-state index is 11.7. The predicted molar refractivity (Wildman–Crippen MR) is 325 cm³/mol. The van der Waals surface area contributed by atoms with E-state index in [4.69, 9.17) is 41.9 Å². The van der Waals surface area contributed by atoms with Crippen molar-refractivity contribution in [1.29, 1.82) is 0 Å². The Balaban J connectivity index is 0.000000226. The Hall–Kier alpha value is -8.46. The molecular weight excluding hydrogens is 1100 g/mol. The minimum atomic E-state index is -0.536. The monoisotopic (exact) mass is 1170 g/mol. The van der Waals surface area contributed by atoms with Gasteiger partial charge in [0.25, 0.3) is 0 Å². The summed E-state index contributed by atoms with van der Waals surface area (Å²) in [7, 11) is 1.34. The Morgan fingerprint density at radius 2 is 1.05 bits per heavy atom.